The summed E-state index contributed by atoms with van der Waals surface area (Å²) in [6.45, 7) is 0. The Hall–Kier alpha value is -1.80. The summed E-state index contributed by atoms with van der Waals surface area (Å²) in [5, 5.41) is 16.9. The van der Waals surface area contributed by atoms with Crippen molar-refractivity contribution in [3.63, 3.8) is 0 Å². The van der Waals surface area contributed by atoms with Gasteiger partial charge in [0.1, 0.15) is 16.3 Å². The molecule has 68 valence electrons. The van der Waals surface area contributed by atoms with E-state index < -0.39 is 5.82 Å². The lowest BCUT2D eigenvalue weighted by Crippen LogP contribution is -1.85. The average Bonchev–Trinajstić information content (AvgIpc) is 2.70. The van der Waals surface area contributed by atoms with Crippen molar-refractivity contribution in [3.05, 3.63) is 35.1 Å². The quantitative estimate of drug-likeness (QED) is 0.717. The molecular formula is C9H4FN3S. The second-order valence-corrected chi connectivity index (χ2v) is 3.38. The zero-order valence-electron chi connectivity index (χ0n) is 6.94. The Morgan fingerprint density at radius 1 is 1.43 bits per heavy atom. The zero-order valence-corrected chi connectivity index (χ0v) is 7.75. The van der Waals surface area contributed by atoms with Crippen molar-refractivity contribution >= 4 is 11.3 Å². The van der Waals surface area contributed by atoms with Gasteiger partial charge in [0.2, 0.25) is 0 Å². The Labute approximate surface area is 83.5 Å². The molecular weight excluding hydrogens is 201 g/mol. The largest absolute Gasteiger partial charge is 0.207 e. The van der Waals surface area contributed by atoms with Gasteiger partial charge >= 0.3 is 0 Å². The lowest BCUT2D eigenvalue weighted by atomic mass is 10.1. The second kappa shape index (κ2) is 3.52. The molecule has 1 aromatic carbocycles. The molecule has 0 aliphatic rings. The molecule has 0 aliphatic heterocycles. The highest BCUT2D eigenvalue weighted by Crippen LogP contribution is 2.24. The van der Waals surface area contributed by atoms with E-state index in [4.69, 9.17) is 5.26 Å². The Morgan fingerprint density at radius 3 is 2.93 bits per heavy atom. The van der Waals surface area contributed by atoms with Crippen LogP contribution in [0.2, 0.25) is 0 Å². The fourth-order valence-electron chi connectivity index (χ4n) is 1.09. The molecule has 0 aliphatic carbocycles. The van der Waals surface area contributed by atoms with Crippen LogP contribution in [0.25, 0.3) is 10.6 Å². The van der Waals surface area contributed by atoms with Gasteiger partial charge in [-0.2, -0.15) is 5.26 Å². The van der Waals surface area contributed by atoms with Crippen molar-refractivity contribution in [2.75, 3.05) is 0 Å². The van der Waals surface area contributed by atoms with Crippen LogP contribution in [0.4, 0.5) is 4.39 Å². The lowest BCUT2D eigenvalue weighted by Gasteiger charge is -1.97. The topological polar surface area (TPSA) is 49.6 Å². The number of benzene rings is 1. The van der Waals surface area contributed by atoms with E-state index in [0.29, 0.717) is 10.6 Å². The zero-order chi connectivity index (χ0) is 9.97. The maximum atomic E-state index is 12.8. The maximum Gasteiger partial charge on any atom is 0.148 e. The molecule has 0 N–H and O–H groups in total. The van der Waals surface area contributed by atoms with Gasteiger partial charge in [-0.05, 0) is 18.2 Å². The SMILES string of the molecule is N#Cc1cc(F)ccc1-c1nncs1. The third-order valence-electron chi connectivity index (χ3n) is 1.69. The fraction of sp³-hybridized carbons (Fsp3) is 0. The van der Waals surface area contributed by atoms with Crippen LogP contribution in [0.15, 0.2) is 23.7 Å². The van der Waals surface area contributed by atoms with E-state index in [1.165, 1.54) is 29.5 Å². The molecule has 3 nitrogen and oxygen atoms in total. The van der Waals surface area contributed by atoms with Gasteiger partial charge in [0.25, 0.3) is 0 Å². The van der Waals surface area contributed by atoms with Crippen molar-refractivity contribution in [3.8, 4) is 16.6 Å². The predicted octanol–water partition coefficient (Wildman–Crippen LogP) is 2.22. The predicted molar refractivity (Wildman–Crippen MR) is 50.0 cm³/mol. The molecule has 0 bridgehead atoms. The lowest BCUT2D eigenvalue weighted by molar-refractivity contribution is 0.627. The van der Waals surface area contributed by atoms with Crippen LogP contribution in [0, 0.1) is 17.1 Å². The minimum atomic E-state index is -0.421. The molecule has 0 unspecified atom stereocenters. The summed E-state index contributed by atoms with van der Waals surface area (Å²) in [6.07, 6.45) is 0. The average molecular weight is 205 g/mol. The van der Waals surface area contributed by atoms with Crippen LogP contribution < -0.4 is 0 Å². The van der Waals surface area contributed by atoms with E-state index >= 15 is 0 Å². The first-order valence-electron chi connectivity index (χ1n) is 3.77. The highest BCUT2D eigenvalue weighted by molar-refractivity contribution is 7.12. The summed E-state index contributed by atoms with van der Waals surface area (Å²) in [6, 6.07) is 5.95. The molecule has 0 atom stereocenters. The molecule has 0 spiro atoms. The monoisotopic (exact) mass is 205 g/mol. The number of nitrogens with zero attached hydrogens (tertiary/aromatic N) is 3. The van der Waals surface area contributed by atoms with Crippen LogP contribution in [0.5, 0.6) is 0 Å². The molecule has 0 saturated heterocycles. The van der Waals surface area contributed by atoms with Crippen LogP contribution in [-0.2, 0) is 0 Å². The standard InChI is InChI=1S/C9H4FN3S/c10-7-1-2-8(6(3-7)4-11)9-13-12-5-14-9/h1-3,5H. The molecule has 14 heavy (non-hydrogen) atoms. The van der Waals surface area contributed by atoms with E-state index in [-0.39, 0.29) is 5.56 Å². The summed E-state index contributed by atoms with van der Waals surface area (Å²) >= 11 is 1.32. The van der Waals surface area contributed by atoms with Crippen LogP contribution in [0.1, 0.15) is 5.56 Å². The third kappa shape index (κ3) is 1.47. The van der Waals surface area contributed by atoms with Crippen molar-refractivity contribution < 1.29 is 4.39 Å². The van der Waals surface area contributed by atoms with Gasteiger partial charge in [-0.1, -0.05) is 11.3 Å². The molecule has 2 rings (SSSR count). The summed E-state index contributed by atoms with van der Waals surface area (Å²) in [7, 11) is 0. The number of rotatable bonds is 1. The van der Waals surface area contributed by atoms with E-state index in [1.54, 1.807) is 5.51 Å². The second-order valence-electron chi connectivity index (χ2n) is 2.55. The highest BCUT2D eigenvalue weighted by atomic mass is 32.1. The number of hydrogen-bond donors (Lipinski definition) is 0. The van der Waals surface area contributed by atoms with Gasteiger partial charge in [-0.15, -0.1) is 10.2 Å². The number of nitriles is 1. The van der Waals surface area contributed by atoms with E-state index in [1.807, 2.05) is 6.07 Å². The summed E-state index contributed by atoms with van der Waals surface area (Å²) in [5.74, 6) is -0.421. The van der Waals surface area contributed by atoms with Gasteiger partial charge in [-0.3, -0.25) is 0 Å². The fourth-order valence-corrected chi connectivity index (χ4v) is 1.68. The number of aromatic nitrogens is 2. The molecule has 5 heteroatoms. The number of hydrogen-bond acceptors (Lipinski definition) is 4. The minimum absolute atomic E-state index is 0.279. The van der Waals surface area contributed by atoms with Crippen molar-refractivity contribution in [1.29, 1.82) is 5.26 Å². The smallest absolute Gasteiger partial charge is 0.148 e. The van der Waals surface area contributed by atoms with Gasteiger partial charge < -0.3 is 0 Å². The molecule has 1 aromatic heterocycles. The normalized spacial score (nSPS) is 9.71. The Bertz CT molecular complexity index is 487. The first-order chi connectivity index (χ1) is 6.81. The molecule has 1 heterocycles. The molecule has 0 amide bonds. The van der Waals surface area contributed by atoms with Gasteiger partial charge in [0.15, 0.2) is 0 Å². The van der Waals surface area contributed by atoms with E-state index in [0.717, 1.165) is 0 Å². The van der Waals surface area contributed by atoms with Gasteiger partial charge in [0.05, 0.1) is 11.6 Å². The Balaban J connectivity index is 2.60. The highest BCUT2D eigenvalue weighted by Gasteiger charge is 2.08. The molecule has 0 saturated carbocycles. The number of halogens is 1. The van der Waals surface area contributed by atoms with Crippen molar-refractivity contribution in [2.45, 2.75) is 0 Å². The van der Waals surface area contributed by atoms with Crippen LogP contribution in [-0.4, -0.2) is 10.2 Å². The molecule has 2 aromatic rings. The molecule has 0 radical (unpaired) electrons. The minimum Gasteiger partial charge on any atom is -0.207 e. The molecule has 0 fully saturated rings. The first-order valence-corrected chi connectivity index (χ1v) is 4.65. The van der Waals surface area contributed by atoms with Crippen molar-refractivity contribution in [2.24, 2.45) is 0 Å². The van der Waals surface area contributed by atoms with Crippen LogP contribution in [0.3, 0.4) is 0 Å². The summed E-state index contributed by atoms with van der Waals surface area (Å²) in [4.78, 5) is 0. The van der Waals surface area contributed by atoms with Gasteiger partial charge in [-0.25, -0.2) is 4.39 Å². The van der Waals surface area contributed by atoms with E-state index in [9.17, 15) is 4.39 Å². The third-order valence-corrected chi connectivity index (χ3v) is 2.42. The summed E-state index contributed by atoms with van der Waals surface area (Å²) < 4.78 is 12.8. The van der Waals surface area contributed by atoms with E-state index in [2.05, 4.69) is 10.2 Å². The van der Waals surface area contributed by atoms with Crippen molar-refractivity contribution in [1.82, 2.24) is 10.2 Å². The Kier molecular flexibility index (Phi) is 2.21. The van der Waals surface area contributed by atoms with Gasteiger partial charge in [0, 0.05) is 5.56 Å². The summed E-state index contributed by atoms with van der Waals surface area (Å²) in [5.41, 5.74) is 2.47. The first kappa shape index (κ1) is 8.78. The van der Waals surface area contributed by atoms with Crippen LogP contribution >= 0.6 is 11.3 Å². The Morgan fingerprint density at radius 2 is 2.29 bits per heavy atom. The maximum absolute atomic E-state index is 12.8.